The zero-order valence-electron chi connectivity index (χ0n) is 10.6. The standard InChI is InChI=1S/C13H11ClF2N2O2S/c14-11-5-4-10(21-11)9(19)6-17-13(20)18-8-3-1-2-7(15)12(8)16/h1-5,9,19H,6H2,(H2,17,18,20). The summed E-state index contributed by atoms with van der Waals surface area (Å²) in [5.74, 6) is -2.20. The molecule has 8 heteroatoms. The lowest BCUT2D eigenvalue weighted by Crippen LogP contribution is -2.32. The molecule has 0 aliphatic heterocycles. The smallest absolute Gasteiger partial charge is 0.319 e. The van der Waals surface area contributed by atoms with Crippen LogP contribution in [0.1, 0.15) is 11.0 Å². The first-order chi connectivity index (χ1) is 9.97. The van der Waals surface area contributed by atoms with E-state index in [4.69, 9.17) is 11.6 Å². The summed E-state index contributed by atoms with van der Waals surface area (Å²) in [6, 6.07) is 5.98. The first-order valence-corrected chi connectivity index (χ1v) is 7.09. The number of hydrogen-bond acceptors (Lipinski definition) is 3. The number of hydrogen-bond donors (Lipinski definition) is 3. The van der Waals surface area contributed by atoms with E-state index in [9.17, 15) is 18.7 Å². The largest absolute Gasteiger partial charge is 0.386 e. The van der Waals surface area contributed by atoms with E-state index in [1.54, 1.807) is 12.1 Å². The van der Waals surface area contributed by atoms with Crippen molar-refractivity contribution in [3.8, 4) is 0 Å². The average Bonchev–Trinajstić information content (AvgIpc) is 2.88. The maximum absolute atomic E-state index is 13.3. The van der Waals surface area contributed by atoms with E-state index in [0.29, 0.717) is 9.21 Å². The molecule has 0 aliphatic carbocycles. The summed E-state index contributed by atoms with van der Waals surface area (Å²) in [4.78, 5) is 12.2. The van der Waals surface area contributed by atoms with Gasteiger partial charge in [0.15, 0.2) is 11.6 Å². The van der Waals surface area contributed by atoms with Crippen LogP contribution in [0.4, 0.5) is 19.3 Å². The Labute approximate surface area is 128 Å². The second-order valence-electron chi connectivity index (χ2n) is 4.09. The van der Waals surface area contributed by atoms with Crippen molar-refractivity contribution >= 4 is 34.7 Å². The van der Waals surface area contributed by atoms with Crippen molar-refractivity contribution in [1.29, 1.82) is 0 Å². The van der Waals surface area contributed by atoms with Crippen LogP contribution in [0.2, 0.25) is 4.34 Å². The van der Waals surface area contributed by atoms with Gasteiger partial charge in [0, 0.05) is 4.88 Å². The van der Waals surface area contributed by atoms with Gasteiger partial charge < -0.3 is 15.7 Å². The van der Waals surface area contributed by atoms with E-state index < -0.39 is 23.8 Å². The van der Waals surface area contributed by atoms with Crippen LogP contribution in [-0.4, -0.2) is 17.7 Å². The molecule has 0 bridgehead atoms. The quantitative estimate of drug-likeness (QED) is 0.802. The molecule has 4 nitrogen and oxygen atoms in total. The van der Waals surface area contributed by atoms with Crippen LogP contribution in [0.5, 0.6) is 0 Å². The molecule has 1 aromatic carbocycles. The van der Waals surface area contributed by atoms with Crippen molar-refractivity contribution in [1.82, 2.24) is 5.32 Å². The predicted octanol–water partition coefficient (Wildman–Crippen LogP) is 3.53. The molecule has 0 radical (unpaired) electrons. The Bertz CT molecular complexity index is 651. The van der Waals surface area contributed by atoms with Gasteiger partial charge in [0.05, 0.1) is 16.6 Å². The summed E-state index contributed by atoms with van der Waals surface area (Å²) in [5, 5.41) is 14.3. The summed E-state index contributed by atoms with van der Waals surface area (Å²) in [6.45, 7) is -0.0837. The van der Waals surface area contributed by atoms with E-state index in [-0.39, 0.29) is 12.2 Å². The first-order valence-electron chi connectivity index (χ1n) is 5.89. The van der Waals surface area contributed by atoms with Gasteiger partial charge in [-0.15, -0.1) is 11.3 Å². The Kier molecular flexibility index (Phi) is 5.11. The number of urea groups is 1. The van der Waals surface area contributed by atoms with Crippen LogP contribution in [-0.2, 0) is 0 Å². The fourth-order valence-electron chi connectivity index (χ4n) is 1.56. The molecule has 0 spiro atoms. The normalized spacial score (nSPS) is 12.0. The molecule has 112 valence electrons. The Hall–Kier alpha value is -1.70. The number of amides is 2. The summed E-state index contributed by atoms with van der Waals surface area (Å²) in [5.41, 5.74) is -0.277. The number of nitrogens with one attached hydrogen (secondary N) is 2. The number of rotatable bonds is 4. The van der Waals surface area contributed by atoms with Crippen LogP contribution >= 0.6 is 22.9 Å². The van der Waals surface area contributed by atoms with E-state index in [0.717, 1.165) is 6.07 Å². The maximum Gasteiger partial charge on any atom is 0.319 e. The van der Waals surface area contributed by atoms with Gasteiger partial charge in [-0.05, 0) is 24.3 Å². The lowest BCUT2D eigenvalue weighted by molar-refractivity contribution is 0.178. The molecule has 1 unspecified atom stereocenters. The summed E-state index contributed by atoms with van der Waals surface area (Å²) in [7, 11) is 0. The van der Waals surface area contributed by atoms with Gasteiger partial charge in [-0.25, -0.2) is 13.6 Å². The van der Waals surface area contributed by atoms with Crippen LogP contribution in [0.25, 0.3) is 0 Å². The fourth-order valence-corrected chi connectivity index (χ4v) is 2.61. The molecule has 2 aromatic rings. The average molecular weight is 333 g/mol. The Balaban J connectivity index is 1.89. The molecule has 1 atom stereocenters. The lowest BCUT2D eigenvalue weighted by Gasteiger charge is -2.11. The van der Waals surface area contributed by atoms with Crippen molar-refractivity contribution in [2.24, 2.45) is 0 Å². The van der Waals surface area contributed by atoms with Crippen LogP contribution in [0, 0.1) is 11.6 Å². The maximum atomic E-state index is 13.3. The zero-order chi connectivity index (χ0) is 15.4. The SMILES string of the molecule is O=C(NCC(O)c1ccc(Cl)s1)Nc1cccc(F)c1F. The van der Waals surface area contributed by atoms with Gasteiger partial charge in [0.2, 0.25) is 0 Å². The topological polar surface area (TPSA) is 61.4 Å². The number of halogens is 3. The number of aliphatic hydroxyl groups excluding tert-OH is 1. The lowest BCUT2D eigenvalue weighted by atomic mass is 10.3. The molecule has 21 heavy (non-hydrogen) atoms. The van der Waals surface area contributed by atoms with Gasteiger partial charge in [0.25, 0.3) is 0 Å². The number of aliphatic hydroxyl groups is 1. The van der Waals surface area contributed by atoms with Crippen molar-refractivity contribution in [3.05, 3.63) is 51.2 Å². The minimum atomic E-state index is -1.14. The number of carbonyl (C=O) groups is 1. The van der Waals surface area contributed by atoms with Gasteiger partial charge in [0.1, 0.15) is 6.10 Å². The minimum Gasteiger partial charge on any atom is -0.386 e. The Morgan fingerprint density at radius 2 is 2.10 bits per heavy atom. The number of anilines is 1. The summed E-state index contributed by atoms with van der Waals surface area (Å²) < 4.78 is 26.8. The summed E-state index contributed by atoms with van der Waals surface area (Å²) >= 11 is 6.93. The van der Waals surface area contributed by atoms with Crippen molar-refractivity contribution in [3.63, 3.8) is 0 Å². The second-order valence-corrected chi connectivity index (χ2v) is 5.84. The molecular weight excluding hydrogens is 322 g/mol. The van der Waals surface area contributed by atoms with Gasteiger partial charge in [-0.1, -0.05) is 17.7 Å². The third-order valence-corrected chi connectivity index (χ3v) is 3.91. The minimum absolute atomic E-state index is 0.0837. The monoisotopic (exact) mass is 332 g/mol. The predicted molar refractivity (Wildman–Crippen MR) is 77.7 cm³/mol. The highest BCUT2D eigenvalue weighted by molar-refractivity contribution is 7.16. The highest BCUT2D eigenvalue weighted by atomic mass is 35.5. The molecular formula is C13H11ClF2N2O2S. The Morgan fingerprint density at radius 1 is 1.33 bits per heavy atom. The van der Waals surface area contributed by atoms with E-state index in [1.165, 1.54) is 23.5 Å². The molecule has 0 saturated heterocycles. The third-order valence-electron chi connectivity index (χ3n) is 2.58. The van der Waals surface area contributed by atoms with Crippen LogP contribution < -0.4 is 10.6 Å². The van der Waals surface area contributed by atoms with Gasteiger partial charge in [-0.3, -0.25) is 0 Å². The molecule has 0 saturated carbocycles. The van der Waals surface area contributed by atoms with E-state index in [2.05, 4.69) is 10.6 Å². The first kappa shape index (κ1) is 15.7. The zero-order valence-corrected chi connectivity index (χ0v) is 12.1. The van der Waals surface area contributed by atoms with Gasteiger partial charge >= 0.3 is 6.03 Å². The number of benzene rings is 1. The molecule has 2 rings (SSSR count). The molecule has 0 aliphatic rings. The van der Waals surface area contributed by atoms with E-state index >= 15 is 0 Å². The molecule has 3 N–H and O–H groups in total. The molecule has 1 heterocycles. The van der Waals surface area contributed by atoms with Gasteiger partial charge in [-0.2, -0.15) is 0 Å². The van der Waals surface area contributed by atoms with Crippen molar-refractivity contribution in [2.75, 3.05) is 11.9 Å². The molecule has 2 amide bonds. The highest BCUT2D eigenvalue weighted by Gasteiger charge is 2.13. The highest BCUT2D eigenvalue weighted by Crippen LogP contribution is 2.26. The number of thiophene rings is 1. The molecule has 1 aromatic heterocycles. The van der Waals surface area contributed by atoms with Crippen molar-refractivity contribution in [2.45, 2.75) is 6.10 Å². The van der Waals surface area contributed by atoms with Crippen molar-refractivity contribution < 1.29 is 18.7 Å². The van der Waals surface area contributed by atoms with E-state index in [1.807, 2.05) is 0 Å². The second kappa shape index (κ2) is 6.84. The Morgan fingerprint density at radius 3 is 2.76 bits per heavy atom. The fraction of sp³-hybridized carbons (Fsp3) is 0.154. The third kappa shape index (κ3) is 4.13. The molecule has 0 fully saturated rings. The summed E-state index contributed by atoms with van der Waals surface area (Å²) in [6.07, 6.45) is -0.925. The number of carbonyl (C=O) groups excluding carboxylic acids is 1. The van der Waals surface area contributed by atoms with Crippen LogP contribution in [0.3, 0.4) is 0 Å². The van der Waals surface area contributed by atoms with Crippen LogP contribution in [0.15, 0.2) is 30.3 Å².